The third kappa shape index (κ3) is 7.60. The summed E-state index contributed by atoms with van der Waals surface area (Å²) in [4.78, 5) is 20.5. The Kier molecular flexibility index (Phi) is 8.12. The highest BCUT2D eigenvalue weighted by atomic mass is 19.3. The van der Waals surface area contributed by atoms with Crippen LogP contribution in [-0.4, -0.2) is 30.5 Å². The summed E-state index contributed by atoms with van der Waals surface area (Å²) in [6.45, 7) is 11.2. The molecule has 188 valence electrons. The lowest BCUT2D eigenvalue weighted by molar-refractivity contribution is 0.0122. The molecule has 0 atom stereocenters. The summed E-state index contributed by atoms with van der Waals surface area (Å²) in [7, 11) is 0. The van der Waals surface area contributed by atoms with Gasteiger partial charge in [0.2, 0.25) is 11.9 Å². The third-order valence-electron chi connectivity index (χ3n) is 4.02. The number of hydrogen-bond donors (Lipinski definition) is 2. The Morgan fingerprint density at radius 2 is 1.38 bits per heavy atom. The number of halogens is 4. The normalized spacial score (nSPS) is 12.0. The van der Waals surface area contributed by atoms with Gasteiger partial charge in [-0.1, -0.05) is 19.9 Å². The summed E-state index contributed by atoms with van der Waals surface area (Å²) < 4.78 is 54.8. The molecule has 0 aliphatic rings. The summed E-state index contributed by atoms with van der Waals surface area (Å²) in [6.07, 6.45) is 1.24. The summed E-state index contributed by atoms with van der Waals surface area (Å²) in [5.74, 6) is -6.05. The van der Waals surface area contributed by atoms with Gasteiger partial charge in [-0.2, -0.15) is 32.5 Å². The number of rotatable bonds is 6. The number of nitrogens with one attached hydrogen (secondary N) is 2. The minimum absolute atomic E-state index is 0. The first-order valence-electron chi connectivity index (χ1n) is 10.7. The molecule has 0 aromatic carbocycles. The van der Waals surface area contributed by atoms with Gasteiger partial charge >= 0.3 is 0 Å². The summed E-state index contributed by atoms with van der Waals surface area (Å²) >= 11 is 0. The summed E-state index contributed by atoms with van der Waals surface area (Å²) in [6, 6.07) is 6.79. The van der Waals surface area contributed by atoms with Gasteiger partial charge in [0.25, 0.3) is 11.8 Å². The highest BCUT2D eigenvalue weighted by Crippen LogP contribution is 2.29. The number of nitrogens with zero attached hydrogens (tertiary/aromatic N) is 5. The van der Waals surface area contributed by atoms with Crippen LogP contribution in [0.15, 0.2) is 36.5 Å². The molecule has 0 bridgehead atoms. The van der Waals surface area contributed by atoms with E-state index in [0.717, 1.165) is 13.8 Å². The van der Waals surface area contributed by atoms with E-state index in [1.165, 1.54) is 36.5 Å². The number of aromatic nitrogens is 5. The van der Waals surface area contributed by atoms with E-state index in [4.69, 9.17) is 0 Å². The van der Waals surface area contributed by atoms with Crippen molar-refractivity contribution in [1.82, 2.24) is 24.9 Å². The Labute approximate surface area is 199 Å². The van der Waals surface area contributed by atoms with E-state index in [9.17, 15) is 17.6 Å². The van der Waals surface area contributed by atoms with Crippen LogP contribution in [0, 0.1) is 0 Å². The molecule has 0 spiro atoms. The Morgan fingerprint density at radius 3 is 1.97 bits per heavy atom. The van der Waals surface area contributed by atoms with E-state index in [1.54, 1.807) is 0 Å². The number of hydrogen-bond acceptors (Lipinski definition) is 7. The fourth-order valence-electron chi connectivity index (χ4n) is 2.62. The second-order valence-corrected chi connectivity index (χ2v) is 8.42. The molecular weight excluding hydrogens is 450 g/mol. The summed E-state index contributed by atoms with van der Waals surface area (Å²) in [5.41, 5.74) is -0.891. The van der Waals surface area contributed by atoms with Gasteiger partial charge in [0, 0.05) is 34.1 Å². The second kappa shape index (κ2) is 10.3. The maximum absolute atomic E-state index is 13.7. The van der Waals surface area contributed by atoms with Crippen molar-refractivity contribution >= 4 is 17.6 Å². The van der Waals surface area contributed by atoms with Crippen molar-refractivity contribution in [3.63, 3.8) is 0 Å². The number of alkyl halides is 4. The van der Waals surface area contributed by atoms with E-state index >= 15 is 0 Å². The largest absolute Gasteiger partial charge is 0.349 e. The Hall–Kier alpha value is -3.37. The average Bonchev–Trinajstić information content (AvgIpc) is 2.73. The molecule has 0 saturated carbocycles. The van der Waals surface area contributed by atoms with Gasteiger partial charge in [-0.25, -0.2) is 4.98 Å². The first-order chi connectivity index (χ1) is 15.7. The smallest absolute Gasteiger partial charge is 0.287 e. The van der Waals surface area contributed by atoms with E-state index in [1.807, 2.05) is 34.6 Å². The lowest BCUT2D eigenvalue weighted by Crippen LogP contribution is -2.27. The highest BCUT2D eigenvalue weighted by molar-refractivity contribution is 5.59. The van der Waals surface area contributed by atoms with E-state index in [-0.39, 0.29) is 32.0 Å². The minimum atomic E-state index is -3.14. The zero-order valence-corrected chi connectivity index (χ0v) is 20.2. The topological polar surface area (TPSA) is 88.5 Å². The molecule has 3 heterocycles. The number of pyridine rings is 2. The highest BCUT2D eigenvalue weighted by Gasteiger charge is 2.28. The Morgan fingerprint density at radius 1 is 0.765 bits per heavy atom. The van der Waals surface area contributed by atoms with Crippen LogP contribution in [0.25, 0.3) is 11.5 Å². The predicted molar refractivity (Wildman–Crippen MR) is 129 cm³/mol. The standard InChI is InChI=1S/C21H23F4N7.C2H6.2H2/c1-19(2,3)32-18-30-16(13-7-6-8-14(28-13)20(4,22)23)29-17(31-18)27-12-9-10-26-15(11-12)21(5,24)25;1-2;;/h6-11H,1-5H3,(H2,26,27,29,30,31,32);1-2H3;2*1H. The first kappa shape index (κ1) is 26.9. The quantitative estimate of drug-likeness (QED) is 0.364. The van der Waals surface area contributed by atoms with Crippen LogP contribution in [0.5, 0.6) is 0 Å². The van der Waals surface area contributed by atoms with Crippen molar-refractivity contribution in [2.45, 2.75) is 65.9 Å². The van der Waals surface area contributed by atoms with Crippen LogP contribution >= 0.6 is 0 Å². The molecule has 0 aliphatic carbocycles. The fraction of sp³-hybridized carbons (Fsp3) is 0.435. The van der Waals surface area contributed by atoms with Gasteiger partial charge in [-0.15, -0.1) is 0 Å². The van der Waals surface area contributed by atoms with E-state index < -0.39 is 28.8 Å². The monoisotopic (exact) mass is 483 g/mol. The van der Waals surface area contributed by atoms with Crippen molar-refractivity contribution in [2.24, 2.45) is 0 Å². The molecule has 3 aromatic rings. The molecule has 0 unspecified atom stereocenters. The van der Waals surface area contributed by atoms with Crippen molar-refractivity contribution in [1.29, 1.82) is 0 Å². The lowest BCUT2D eigenvalue weighted by Gasteiger charge is -2.21. The van der Waals surface area contributed by atoms with Gasteiger partial charge in [-0.3, -0.25) is 4.98 Å². The summed E-state index contributed by atoms with van der Waals surface area (Å²) in [5, 5.41) is 5.93. The fourth-order valence-corrected chi connectivity index (χ4v) is 2.62. The van der Waals surface area contributed by atoms with Gasteiger partial charge in [0.1, 0.15) is 17.1 Å². The predicted octanol–water partition coefficient (Wildman–Crippen LogP) is 7.02. The molecule has 11 heteroatoms. The van der Waals surface area contributed by atoms with Gasteiger partial charge < -0.3 is 10.6 Å². The molecule has 0 aliphatic heterocycles. The SMILES string of the molecule is CC.CC(C)(C)Nc1nc(Nc2ccnc(C(C)(F)F)c2)nc(-c2cccc(C(C)(F)F)n2)n1.[HH].[HH]. The van der Waals surface area contributed by atoms with Crippen LogP contribution < -0.4 is 10.6 Å². The zero-order chi connectivity index (χ0) is 25.7. The van der Waals surface area contributed by atoms with Crippen molar-refractivity contribution in [2.75, 3.05) is 10.6 Å². The molecule has 3 rings (SSSR count). The molecule has 0 saturated heterocycles. The molecule has 3 aromatic heterocycles. The minimum Gasteiger partial charge on any atom is -0.349 e. The van der Waals surface area contributed by atoms with Gasteiger partial charge in [-0.05, 0) is 45.0 Å². The van der Waals surface area contributed by atoms with E-state index in [2.05, 4.69) is 35.6 Å². The van der Waals surface area contributed by atoms with Crippen LogP contribution in [0.2, 0.25) is 0 Å². The maximum Gasteiger partial charge on any atom is 0.287 e. The molecule has 0 radical (unpaired) electrons. The molecule has 2 N–H and O–H groups in total. The van der Waals surface area contributed by atoms with Gasteiger partial charge in [0.15, 0.2) is 5.82 Å². The van der Waals surface area contributed by atoms with Crippen molar-refractivity contribution < 1.29 is 20.4 Å². The molecule has 7 nitrogen and oxygen atoms in total. The van der Waals surface area contributed by atoms with Crippen molar-refractivity contribution in [3.8, 4) is 11.5 Å². The van der Waals surface area contributed by atoms with Crippen LogP contribution in [0.4, 0.5) is 35.1 Å². The molecule has 34 heavy (non-hydrogen) atoms. The first-order valence-corrected chi connectivity index (χ1v) is 10.7. The molecule has 0 fully saturated rings. The average molecular weight is 484 g/mol. The molecule has 0 amide bonds. The third-order valence-corrected chi connectivity index (χ3v) is 4.02. The van der Waals surface area contributed by atoms with Crippen LogP contribution in [0.3, 0.4) is 0 Å². The zero-order valence-electron chi connectivity index (χ0n) is 20.2. The second-order valence-electron chi connectivity index (χ2n) is 8.42. The lowest BCUT2D eigenvalue weighted by atomic mass is 10.1. The van der Waals surface area contributed by atoms with Crippen LogP contribution in [-0.2, 0) is 11.8 Å². The Balaban J connectivity index is 0.00000299. The van der Waals surface area contributed by atoms with E-state index in [0.29, 0.717) is 0 Å². The Bertz CT molecular complexity index is 1110. The maximum atomic E-state index is 13.7. The van der Waals surface area contributed by atoms with Crippen molar-refractivity contribution in [3.05, 3.63) is 47.9 Å². The van der Waals surface area contributed by atoms with Crippen LogP contribution in [0.1, 0.15) is 62.7 Å². The molecular formula is C23H33F4N7. The van der Waals surface area contributed by atoms with Gasteiger partial charge in [0.05, 0.1) is 0 Å². The number of anilines is 3.